The summed E-state index contributed by atoms with van der Waals surface area (Å²) in [4.78, 5) is 12.1. The molecule has 0 aliphatic heterocycles. The standard InChI is InChI=1S/C17H17FN2O3S/c1-2-11-20-24(22,23)15-9-7-13(8-10-15)17(21)19-12-14-5-3-4-6-16(14)18/h2-10,20H,1,11-12H2,(H,19,21). The van der Waals surface area contributed by atoms with Gasteiger partial charge in [0.05, 0.1) is 4.90 Å². The molecule has 0 saturated carbocycles. The summed E-state index contributed by atoms with van der Waals surface area (Å²) in [6, 6.07) is 11.6. The lowest BCUT2D eigenvalue weighted by Crippen LogP contribution is -2.25. The van der Waals surface area contributed by atoms with Gasteiger partial charge in [-0.2, -0.15) is 0 Å². The van der Waals surface area contributed by atoms with E-state index in [1.165, 1.54) is 36.4 Å². The molecule has 5 nitrogen and oxygen atoms in total. The van der Waals surface area contributed by atoms with Gasteiger partial charge in [0.1, 0.15) is 5.82 Å². The minimum absolute atomic E-state index is 0.0481. The smallest absolute Gasteiger partial charge is 0.251 e. The molecule has 0 aliphatic rings. The van der Waals surface area contributed by atoms with Crippen molar-refractivity contribution in [1.82, 2.24) is 10.0 Å². The second-order valence-corrected chi connectivity index (χ2v) is 6.71. The maximum Gasteiger partial charge on any atom is 0.251 e. The molecule has 0 radical (unpaired) electrons. The van der Waals surface area contributed by atoms with Crippen molar-refractivity contribution < 1.29 is 17.6 Å². The molecule has 0 bridgehead atoms. The Labute approximate surface area is 140 Å². The molecule has 2 rings (SSSR count). The quantitative estimate of drug-likeness (QED) is 0.754. The molecule has 2 aromatic rings. The van der Waals surface area contributed by atoms with Crippen molar-refractivity contribution in [2.75, 3.05) is 6.54 Å². The van der Waals surface area contributed by atoms with Crippen LogP contribution in [-0.2, 0) is 16.6 Å². The lowest BCUT2D eigenvalue weighted by Gasteiger charge is -2.08. The lowest BCUT2D eigenvalue weighted by atomic mass is 10.2. The molecule has 0 fully saturated rings. The van der Waals surface area contributed by atoms with Crippen LogP contribution < -0.4 is 10.0 Å². The molecule has 0 aromatic heterocycles. The van der Waals surface area contributed by atoms with Crippen molar-refractivity contribution in [1.29, 1.82) is 0 Å². The van der Waals surface area contributed by atoms with E-state index in [4.69, 9.17) is 0 Å². The van der Waals surface area contributed by atoms with E-state index in [1.54, 1.807) is 18.2 Å². The predicted octanol–water partition coefficient (Wildman–Crippen LogP) is 2.22. The average molecular weight is 348 g/mol. The Morgan fingerprint density at radius 1 is 1.12 bits per heavy atom. The average Bonchev–Trinajstić information content (AvgIpc) is 2.59. The Kier molecular flexibility index (Phi) is 5.83. The SMILES string of the molecule is C=CCNS(=O)(=O)c1ccc(C(=O)NCc2ccccc2F)cc1. The first kappa shape index (κ1) is 17.8. The van der Waals surface area contributed by atoms with Crippen LogP contribution in [0, 0.1) is 5.82 Å². The fourth-order valence-corrected chi connectivity index (χ4v) is 2.96. The molecule has 2 N–H and O–H groups in total. The van der Waals surface area contributed by atoms with Crippen LogP contribution in [0.15, 0.2) is 66.1 Å². The largest absolute Gasteiger partial charge is 0.348 e. The van der Waals surface area contributed by atoms with Crippen LogP contribution in [0.5, 0.6) is 0 Å². The monoisotopic (exact) mass is 348 g/mol. The first-order chi connectivity index (χ1) is 11.4. The summed E-state index contributed by atoms with van der Waals surface area (Å²) >= 11 is 0. The fraction of sp³-hybridized carbons (Fsp3) is 0.118. The van der Waals surface area contributed by atoms with Crippen molar-refractivity contribution in [2.45, 2.75) is 11.4 Å². The Morgan fingerprint density at radius 3 is 2.42 bits per heavy atom. The van der Waals surface area contributed by atoms with Crippen LogP contribution in [-0.4, -0.2) is 20.9 Å². The topological polar surface area (TPSA) is 75.3 Å². The van der Waals surface area contributed by atoms with Crippen molar-refractivity contribution in [3.63, 3.8) is 0 Å². The predicted molar refractivity (Wildman–Crippen MR) is 89.4 cm³/mol. The van der Waals surface area contributed by atoms with Crippen LogP contribution in [0.2, 0.25) is 0 Å². The molecule has 0 saturated heterocycles. The zero-order valence-electron chi connectivity index (χ0n) is 12.8. The van der Waals surface area contributed by atoms with Gasteiger partial charge in [-0.15, -0.1) is 6.58 Å². The number of hydrogen-bond donors (Lipinski definition) is 2. The van der Waals surface area contributed by atoms with E-state index >= 15 is 0 Å². The molecule has 24 heavy (non-hydrogen) atoms. The number of hydrogen-bond acceptors (Lipinski definition) is 3. The van der Waals surface area contributed by atoms with E-state index in [1.807, 2.05) is 0 Å². The molecule has 0 heterocycles. The number of sulfonamides is 1. The summed E-state index contributed by atoms with van der Waals surface area (Å²) in [5, 5.41) is 2.59. The van der Waals surface area contributed by atoms with Crippen molar-refractivity contribution in [2.24, 2.45) is 0 Å². The van der Waals surface area contributed by atoms with Gasteiger partial charge in [0.15, 0.2) is 0 Å². The number of carbonyl (C=O) groups is 1. The van der Waals surface area contributed by atoms with E-state index in [0.717, 1.165) is 0 Å². The Bertz CT molecular complexity index is 833. The molecule has 0 unspecified atom stereocenters. The zero-order valence-corrected chi connectivity index (χ0v) is 13.6. The summed E-state index contributed by atoms with van der Waals surface area (Å²) < 4.78 is 39.7. The van der Waals surface area contributed by atoms with Gasteiger partial charge in [-0.25, -0.2) is 17.5 Å². The summed E-state index contributed by atoms with van der Waals surface area (Å²) in [7, 11) is -3.63. The third-order valence-electron chi connectivity index (χ3n) is 3.24. The van der Waals surface area contributed by atoms with Crippen molar-refractivity contribution in [3.8, 4) is 0 Å². The number of rotatable bonds is 7. The maximum absolute atomic E-state index is 13.5. The van der Waals surface area contributed by atoms with Crippen molar-refractivity contribution in [3.05, 3.63) is 78.1 Å². The Morgan fingerprint density at radius 2 is 1.79 bits per heavy atom. The highest BCUT2D eigenvalue weighted by molar-refractivity contribution is 7.89. The van der Waals surface area contributed by atoms with Gasteiger partial charge in [-0.3, -0.25) is 4.79 Å². The Balaban J connectivity index is 2.03. The molecule has 7 heteroatoms. The molecule has 126 valence electrons. The minimum Gasteiger partial charge on any atom is -0.348 e. The van der Waals surface area contributed by atoms with E-state index in [2.05, 4.69) is 16.6 Å². The van der Waals surface area contributed by atoms with E-state index < -0.39 is 21.7 Å². The molecule has 0 aliphatic carbocycles. The van der Waals surface area contributed by atoms with Crippen LogP contribution in [0.4, 0.5) is 4.39 Å². The van der Waals surface area contributed by atoms with Gasteiger partial charge in [0, 0.05) is 24.2 Å². The summed E-state index contributed by atoms with van der Waals surface area (Å²) in [6.07, 6.45) is 1.43. The normalized spacial score (nSPS) is 11.0. The number of halogens is 1. The molecule has 0 atom stereocenters. The molecular formula is C17H17FN2O3S. The zero-order chi connectivity index (χ0) is 17.6. The Hall–Kier alpha value is -2.51. The van der Waals surface area contributed by atoms with Crippen LogP contribution in [0.25, 0.3) is 0 Å². The summed E-state index contributed by atoms with van der Waals surface area (Å²) in [5.41, 5.74) is 0.660. The van der Waals surface area contributed by atoms with Crippen molar-refractivity contribution >= 4 is 15.9 Å². The molecule has 1 amide bonds. The fourth-order valence-electron chi connectivity index (χ4n) is 1.96. The van der Waals surface area contributed by atoms with Crippen LogP contribution in [0.3, 0.4) is 0 Å². The van der Waals surface area contributed by atoms with Gasteiger partial charge >= 0.3 is 0 Å². The van der Waals surface area contributed by atoms with E-state index in [-0.39, 0.29) is 23.5 Å². The molecular weight excluding hydrogens is 331 g/mol. The molecule has 0 spiro atoms. The maximum atomic E-state index is 13.5. The highest BCUT2D eigenvalue weighted by atomic mass is 32.2. The van der Waals surface area contributed by atoms with E-state index in [9.17, 15) is 17.6 Å². The lowest BCUT2D eigenvalue weighted by molar-refractivity contribution is 0.0950. The highest BCUT2D eigenvalue weighted by Gasteiger charge is 2.14. The van der Waals surface area contributed by atoms with Gasteiger partial charge in [-0.05, 0) is 30.3 Å². The number of carbonyl (C=O) groups excluding carboxylic acids is 1. The second-order valence-electron chi connectivity index (χ2n) is 4.94. The third kappa shape index (κ3) is 4.50. The first-order valence-electron chi connectivity index (χ1n) is 7.16. The first-order valence-corrected chi connectivity index (χ1v) is 8.64. The van der Waals surface area contributed by atoms with Crippen LogP contribution in [0.1, 0.15) is 15.9 Å². The number of nitrogens with one attached hydrogen (secondary N) is 2. The van der Waals surface area contributed by atoms with Gasteiger partial charge in [0.2, 0.25) is 10.0 Å². The van der Waals surface area contributed by atoms with Crippen LogP contribution >= 0.6 is 0 Å². The third-order valence-corrected chi connectivity index (χ3v) is 4.68. The number of amides is 1. The van der Waals surface area contributed by atoms with Gasteiger partial charge in [-0.1, -0.05) is 24.3 Å². The highest BCUT2D eigenvalue weighted by Crippen LogP contribution is 2.11. The number of benzene rings is 2. The second kappa shape index (κ2) is 7.85. The van der Waals surface area contributed by atoms with Gasteiger partial charge in [0.25, 0.3) is 5.91 Å². The molecule has 2 aromatic carbocycles. The minimum atomic E-state index is -3.63. The summed E-state index contributed by atoms with van der Waals surface area (Å²) in [6.45, 7) is 3.61. The summed E-state index contributed by atoms with van der Waals surface area (Å²) in [5.74, 6) is -0.811. The van der Waals surface area contributed by atoms with E-state index in [0.29, 0.717) is 5.56 Å². The van der Waals surface area contributed by atoms with Gasteiger partial charge < -0.3 is 5.32 Å².